The second kappa shape index (κ2) is 3.89. The lowest BCUT2D eigenvalue weighted by Crippen LogP contribution is -1.96. The number of aromatic nitrogens is 2. The molecule has 5 nitrogen and oxygen atoms in total. The van der Waals surface area contributed by atoms with Crippen LogP contribution in [0.1, 0.15) is 0 Å². The van der Waals surface area contributed by atoms with Crippen LogP contribution in [0.4, 0.5) is 19.0 Å². The molecule has 1 N–H and O–H groups in total. The lowest BCUT2D eigenvalue weighted by atomic mass is 10.1. The predicted octanol–water partition coefficient (Wildman–Crippen LogP) is 2.40. The van der Waals surface area contributed by atoms with Crippen LogP contribution in [0.3, 0.4) is 0 Å². The van der Waals surface area contributed by atoms with Crippen LogP contribution < -0.4 is 0 Å². The van der Waals surface area contributed by atoms with Crippen molar-refractivity contribution < 1.29 is 18.1 Å². The summed E-state index contributed by atoms with van der Waals surface area (Å²) in [5.74, 6) is -4.50. The van der Waals surface area contributed by atoms with Crippen molar-refractivity contribution in [2.45, 2.75) is 0 Å². The Bertz CT molecular complexity index is 597. The molecule has 0 bridgehead atoms. The molecule has 2 aromatic rings. The molecule has 0 saturated heterocycles. The summed E-state index contributed by atoms with van der Waals surface area (Å²) in [6.45, 7) is 0. The Morgan fingerprint density at radius 3 is 2.65 bits per heavy atom. The summed E-state index contributed by atoms with van der Waals surface area (Å²) < 4.78 is 39.2. The predicted molar refractivity (Wildman–Crippen MR) is 50.6 cm³/mol. The standard InChI is InChI=1S/C9H4F3N3O2/c10-4-1-5(7(12)6(11)2-4)8-9(15(16)17)14-3-13-8/h1-3H,(H,13,14). The summed E-state index contributed by atoms with van der Waals surface area (Å²) in [5, 5.41) is 10.6. The van der Waals surface area contributed by atoms with Crippen molar-refractivity contribution in [3.8, 4) is 11.3 Å². The van der Waals surface area contributed by atoms with E-state index in [4.69, 9.17) is 0 Å². The molecule has 88 valence electrons. The van der Waals surface area contributed by atoms with E-state index < -0.39 is 39.5 Å². The number of nitro groups is 1. The molecule has 8 heteroatoms. The molecule has 2 rings (SSSR count). The molecule has 0 amide bonds. The molecule has 0 aliphatic rings. The van der Waals surface area contributed by atoms with E-state index in [0.29, 0.717) is 12.1 Å². The first-order chi connectivity index (χ1) is 8.00. The number of halogens is 3. The molecule has 17 heavy (non-hydrogen) atoms. The van der Waals surface area contributed by atoms with Crippen molar-refractivity contribution in [2.24, 2.45) is 0 Å². The van der Waals surface area contributed by atoms with E-state index in [-0.39, 0.29) is 0 Å². The van der Waals surface area contributed by atoms with Gasteiger partial charge in [0.2, 0.25) is 0 Å². The van der Waals surface area contributed by atoms with Gasteiger partial charge in [0.25, 0.3) is 0 Å². The van der Waals surface area contributed by atoms with Crippen LogP contribution in [0.15, 0.2) is 18.5 Å². The smallest absolute Gasteiger partial charge is 0.348 e. The average molecular weight is 243 g/mol. The van der Waals surface area contributed by atoms with E-state index >= 15 is 0 Å². The highest BCUT2D eigenvalue weighted by molar-refractivity contribution is 5.67. The summed E-state index contributed by atoms with van der Waals surface area (Å²) in [7, 11) is 0. The highest BCUT2D eigenvalue weighted by Crippen LogP contribution is 2.29. The first-order valence-electron chi connectivity index (χ1n) is 4.33. The largest absolute Gasteiger partial charge is 0.358 e. The Morgan fingerprint density at radius 1 is 1.29 bits per heavy atom. The van der Waals surface area contributed by atoms with Crippen LogP contribution >= 0.6 is 0 Å². The monoisotopic (exact) mass is 243 g/mol. The summed E-state index contributed by atoms with van der Waals surface area (Å²) in [6.07, 6.45) is 0.940. The Balaban J connectivity index is 2.68. The summed E-state index contributed by atoms with van der Waals surface area (Å²) in [6, 6.07) is 0.985. The van der Waals surface area contributed by atoms with Gasteiger partial charge in [0.15, 0.2) is 23.7 Å². The molecule has 1 aromatic carbocycles. The van der Waals surface area contributed by atoms with Crippen LogP contribution in [0.2, 0.25) is 0 Å². The molecule has 0 spiro atoms. The van der Waals surface area contributed by atoms with Crippen molar-refractivity contribution in [3.63, 3.8) is 0 Å². The fourth-order valence-electron chi connectivity index (χ4n) is 1.35. The number of H-pyrrole nitrogens is 1. The van der Waals surface area contributed by atoms with Crippen molar-refractivity contribution in [2.75, 3.05) is 0 Å². The van der Waals surface area contributed by atoms with Crippen LogP contribution in [0, 0.1) is 27.6 Å². The number of hydrogen-bond donors (Lipinski definition) is 1. The fraction of sp³-hybridized carbons (Fsp3) is 0. The Hall–Kier alpha value is -2.38. The number of benzene rings is 1. The highest BCUT2D eigenvalue weighted by Gasteiger charge is 2.23. The number of hydrogen-bond acceptors (Lipinski definition) is 3. The molecule has 0 fully saturated rings. The van der Waals surface area contributed by atoms with Gasteiger partial charge < -0.3 is 10.1 Å². The lowest BCUT2D eigenvalue weighted by molar-refractivity contribution is -0.388. The summed E-state index contributed by atoms with van der Waals surface area (Å²) in [5.41, 5.74) is -1.05. The molecular weight excluding hydrogens is 239 g/mol. The molecule has 0 aliphatic heterocycles. The Morgan fingerprint density at radius 2 is 2.00 bits per heavy atom. The third kappa shape index (κ3) is 1.84. The van der Waals surface area contributed by atoms with E-state index in [9.17, 15) is 23.3 Å². The van der Waals surface area contributed by atoms with Gasteiger partial charge in [0, 0.05) is 6.07 Å². The zero-order chi connectivity index (χ0) is 12.6. The van der Waals surface area contributed by atoms with E-state index in [1.54, 1.807) is 0 Å². The number of aromatic amines is 1. The molecule has 0 atom stereocenters. The summed E-state index contributed by atoms with van der Waals surface area (Å²) in [4.78, 5) is 15.3. The van der Waals surface area contributed by atoms with Crippen molar-refractivity contribution in [3.05, 3.63) is 46.0 Å². The van der Waals surface area contributed by atoms with Gasteiger partial charge in [-0.1, -0.05) is 0 Å². The molecule has 1 heterocycles. The van der Waals surface area contributed by atoms with E-state index in [1.807, 2.05) is 0 Å². The fourth-order valence-corrected chi connectivity index (χ4v) is 1.35. The maximum absolute atomic E-state index is 13.4. The van der Waals surface area contributed by atoms with E-state index in [2.05, 4.69) is 9.97 Å². The van der Waals surface area contributed by atoms with Crippen LogP contribution in [0.5, 0.6) is 0 Å². The number of nitrogens with zero attached hydrogens (tertiary/aromatic N) is 2. The lowest BCUT2D eigenvalue weighted by Gasteiger charge is -2.01. The van der Waals surface area contributed by atoms with Crippen LogP contribution in [-0.2, 0) is 0 Å². The van der Waals surface area contributed by atoms with Gasteiger partial charge in [0.1, 0.15) is 5.82 Å². The van der Waals surface area contributed by atoms with Crippen LogP contribution in [0.25, 0.3) is 11.3 Å². The molecule has 0 unspecified atom stereocenters. The third-order valence-electron chi connectivity index (χ3n) is 2.05. The van der Waals surface area contributed by atoms with Gasteiger partial charge >= 0.3 is 5.82 Å². The zero-order valence-electron chi connectivity index (χ0n) is 8.08. The maximum Gasteiger partial charge on any atom is 0.348 e. The molecule has 0 aliphatic carbocycles. The minimum Gasteiger partial charge on any atom is -0.358 e. The van der Waals surface area contributed by atoms with Gasteiger partial charge in [-0.25, -0.2) is 23.1 Å². The number of rotatable bonds is 2. The number of nitrogens with one attached hydrogen (secondary N) is 1. The first kappa shape index (κ1) is 11.1. The first-order valence-corrected chi connectivity index (χ1v) is 4.33. The molecular formula is C9H4F3N3O2. The van der Waals surface area contributed by atoms with Gasteiger partial charge in [0.05, 0.1) is 5.56 Å². The molecule has 0 saturated carbocycles. The van der Waals surface area contributed by atoms with Crippen molar-refractivity contribution in [1.29, 1.82) is 0 Å². The van der Waals surface area contributed by atoms with Crippen molar-refractivity contribution >= 4 is 5.82 Å². The Kier molecular flexibility index (Phi) is 2.54. The SMILES string of the molecule is O=[N+]([O-])c1[nH]cnc1-c1cc(F)cc(F)c1F. The minimum atomic E-state index is -1.43. The van der Waals surface area contributed by atoms with Gasteiger partial charge in [-0.2, -0.15) is 0 Å². The normalized spacial score (nSPS) is 10.5. The Labute approximate surface area is 92.1 Å². The third-order valence-corrected chi connectivity index (χ3v) is 2.05. The van der Waals surface area contributed by atoms with Crippen LogP contribution in [-0.4, -0.2) is 14.9 Å². The highest BCUT2D eigenvalue weighted by atomic mass is 19.2. The van der Waals surface area contributed by atoms with Gasteiger partial charge in [-0.05, 0) is 11.0 Å². The average Bonchev–Trinajstić information content (AvgIpc) is 2.72. The van der Waals surface area contributed by atoms with E-state index in [0.717, 1.165) is 6.33 Å². The summed E-state index contributed by atoms with van der Waals surface area (Å²) >= 11 is 0. The van der Waals surface area contributed by atoms with Gasteiger partial charge in [-0.15, -0.1) is 0 Å². The second-order valence-corrected chi connectivity index (χ2v) is 3.11. The minimum absolute atomic E-state index is 0.345. The van der Waals surface area contributed by atoms with Gasteiger partial charge in [-0.3, -0.25) is 0 Å². The van der Waals surface area contributed by atoms with E-state index in [1.165, 1.54) is 0 Å². The maximum atomic E-state index is 13.4. The molecule has 1 aromatic heterocycles. The quantitative estimate of drug-likeness (QED) is 0.500. The molecule has 0 radical (unpaired) electrons. The number of imidazole rings is 1. The van der Waals surface area contributed by atoms with Crippen molar-refractivity contribution in [1.82, 2.24) is 9.97 Å². The second-order valence-electron chi connectivity index (χ2n) is 3.11. The topological polar surface area (TPSA) is 71.8 Å². The zero-order valence-corrected chi connectivity index (χ0v) is 8.08.